The van der Waals surface area contributed by atoms with Gasteiger partial charge < -0.3 is 0 Å². The lowest BCUT2D eigenvalue weighted by Gasteiger charge is -2.23. The Morgan fingerprint density at radius 2 is 1.89 bits per heavy atom. The zero-order valence-electron chi connectivity index (χ0n) is 12.1. The molecule has 0 spiro atoms. The molecule has 0 aromatic heterocycles. The van der Waals surface area contributed by atoms with E-state index in [4.69, 9.17) is 0 Å². The lowest BCUT2D eigenvalue weighted by Crippen LogP contribution is -2.22. The van der Waals surface area contributed by atoms with Gasteiger partial charge in [0.15, 0.2) is 0 Å². The monoisotopic (exact) mass is 257 g/mol. The van der Waals surface area contributed by atoms with Crippen molar-refractivity contribution in [2.45, 2.75) is 46.0 Å². The Morgan fingerprint density at radius 1 is 1.21 bits per heavy atom. The van der Waals surface area contributed by atoms with Crippen LogP contribution in [-0.4, -0.2) is 18.0 Å². The number of hydrogen-bond donors (Lipinski definition) is 0. The predicted octanol–water partition coefficient (Wildman–Crippen LogP) is 3.93. The highest BCUT2D eigenvalue weighted by molar-refractivity contribution is 6.05. The molecule has 0 amide bonds. The molecule has 1 atom stereocenters. The van der Waals surface area contributed by atoms with E-state index in [1.54, 1.807) is 0 Å². The molecule has 0 aliphatic heterocycles. The van der Waals surface area contributed by atoms with Crippen LogP contribution in [0.3, 0.4) is 0 Å². The number of carbonyl (C=O) groups is 1. The highest BCUT2D eigenvalue weighted by atomic mass is 16.1. The molecule has 2 rings (SSSR count). The van der Waals surface area contributed by atoms with E-state index in [-0.39, 0.29) is 0 Å². The molecule has 0 bridgehead atoms. The van der Waals surface area contributed by atoms with E-state index >= 15 is 0 Å². The van der Waals surface area contributed by atoms with Crippen LogP contribution in [0.2, 0.25) is 0 Å². The topological polar surface area (TPSA) is 29.4 Å². The van der Waals surface area contributed by atoms with Gasteiger partial charge in [0.25, 0.3) is 0 Å². The van der Waals surface area contributed by atoms with Crippen molar-refractivity contribution >= 4 is 11.5 Å². The second-order valence-electron chi connectivity index (χ2n) is 6.03. The minimum Gasteiger partial charge on any atom is -0.299 e. The van der Waals surface area contributed by atoms with Gasteiger partial charge in [-0.05, 0) is 30.7 Å². The maximum Gasteiger partial charge on any atom is 0.139 e. The fraction of sp³-hybridized carbons (Fsp3) is 0.529. The maximum absolute atomic E-state index is 11.9. The van der Waals surface area contributed by atoms with E-state index < -0.39 is 0 Å². The van der Waals surface area contributed by atoms with Crippen molar-refractivity contribution in [2.24, 2.45) is 10.9 Å². The standard InChI is InChI=1S/C17H23NO/c1-12(2)11-18-16-8-15(9-17(19)10-16)14-6-4-13(3)5-7-14/h4-7,12,15H,8-11H2,1-3H3/t15-/m1/s1. The Bertz CT molecular complexity index is 471. The van der Waals surface area contributed by atoms with Gasteiger partial charge in [-0.3, -0.25) is 9.79 Å². The van der Waals surface area contributed by atoms with Crippen LogP contribution in [-0.2, 0) is 4.79 Å². The summed E-state index contributed by atoms with van der Waals surface area (Å²) in [6.45, 7) is 7.24. The van der Waals surface area contributed by atoms with Gasteiger partial charge in [-0.15, -0.1) is 0 Å². The van der Waals surface area contributed by atoms with E-state index in [1.165, 1.54) is 11.1 Å². The first-order valence-electron chi connectivity index (χ1n) is 7.15. The molecular weight excluding hydrogens is 234 g/mol. The molecule has 1 aliphatic rings. The zero-order chi connectivity index (χ0) is 13.8. The van der Waals surface area contributed by atoms with Gasteiger partial charge >= 0.3 is 0 Å². The van der Waals surface area contributed by atoms with Crippen LogP contribution in [0.25, 0.3) is 0 Å². The van der Waals surface area contributed by atoms with E-state index in [0.29, 0.717) is 30.5 Å². The van der Waals surface area contributed by atoms with Gasteiger partial charge in [-0.2, -0.15) is 0 Å². The van der Waals surface area contributed by atoms with E-state index in [9.17, 15) is 4.79 Å². The third kappa shape index (κ3) is 4.02. The van der Waals surface area contributed by atoms with Gasteiger partial charge in [0.05, 0.1) is 0 Å². The zero-order valence-corrected chi connectivity index (χ0v) is 12.1. The average Bonchev–Trinajstić information content (AvgIpc) is 2.36. The number of rotatable bonds is 3. The number of Topliss-reactive ketones (excluding diaryl/α,β-unsaturated/α-hetero) is 1. The third-order valence-corrected chi connectivity index (χ3v) is 3.59. The largest absolute Gasteiger partial charge is 0.299 e. The van der Waals surface area contributed by atoms with Crippen molar-refractivity contribution < 1.29 is 4.79 Å². The number of ketones is 1. The quantitative estimate of drug-likeness (QED) is 0.806. The number of aliphatic imine (C=N–C) groups is 1. The summed E-state index contributed by atoms with van der Waals surface area (Å²) in [6, 6.07) is 8.55. The van der Waals surface area contributed by atoms with Gasteiger partial charge in [0.1, 0.15) is 5.78 Å². The SMILES string of the molecule is Cc1ccc([C@H]2CC(=O)CC(=NCC(C)C)C2)cc1. The van der Waals surface area contributed by atoms with Crippen LogP contribution in [0.4, 0.5) is 0 Å². The molecule has 0 N–H and O–H groups in total. The highest BCUT2D eigenvalue weighted by Crippen LogP contribution is 2.30. The molecule has 0 saturated heterocycles. The molecular formula is C17H23NO. The molecule has 102 valence electrons. The first-order valence-corrected chi connectivity index (χ1v) is 7.15. The molecule has 19 heavy (non-hydrogen) atoms. The maximum atomic E-state index is 11.9. The third-order valence-electron chi connectivity index (χ3n) is 3.59. The molecule has 2 heteroatoms. The minimum absolute atomic E-state index is 0.327. The summed E-state index contributed by atoms with van der Waals surface area (Å²) in [4.78, 5) is 16.5. The summed E-state index contributed by atoms with van der Waals surface area (Å²) < 4.78 is 0. The van der Waals surface area contributed by atoms with Crippen LogP contribution in [0.5, 0.6) is 0 Å². The Morgan fingerprint density at radius 3 is 2.53 bits per heavy atom. The second kappa shape index (κ2) is 6.14. The fourth-order valence-electron chi connectivity index (χ4n) is 2.51. The van der Waals surface area contributed by atoms with Crippen LogP contribution >= 0.6 is 0 Å². The summed E-state index contributed by atoms with van der Waals surface area (Å²) in [7, 11) is 0. The molecule has 1 fully saturated rings. The number of hydrogen-bond acceptors (Lipinski definition) is 2. The van der Waals surface area contributed by atoms with Gasteiger partial charge in [-0.25, -0.2) is 0 Å². The van der Waals surface area contributed by atoms with Crippen LogP contribution in [0.15, 0.2) is 29.3 Å². The average molecular weight is 257 g/mol. The fourth-order valence-corrected chi connectivity index (χ4v) is 2.51. The molecule has 0 heterocycles. The van der Waals surface area contributed by atoms with Crippen molar-refractivity contribution in [1.29, 1.82) is 0 Å². The van der Waals surface area contributed by atoms with Gasteiger partial charge in [0, 0.05) is 25.1 Å². The van der Waals surface area contributed by atoms with Gasteiger partial charge in [-0.1, -0.05) is 43.7 Å². The normalized spacial score (nSPS) is 22.2. The Balaban J connectivity index is 2.11. The minimum atomic E-state index is 0.327. The molecule has 1 aromatic carbocycles. The van der Waals surface area contributed by atoms with E-state index in [1.807, 2.05) is 0 Å². The number of aryl methyl sites for hydroxylation is 1. The molecule has 1 saturated carbocycles. The summed E-state index contributed by atoms with van der Waals surface area (Å²) >= 11 is 0. The predicted molar refractivity (Wildman–Crippen MR) is 79.9 cm³/mol. The van der Waals surface area contributed by atoms with Crippen molar-refractivity contribution in [2.75, 3.05) is 6.54 Å². The van der Waals surface area contributed by atoms with E-state index in [0.717, 1.165) is 18.7 Å². The second-order valence-corrected chi connectivity index (χ2v) is 6.03. The smallest absolute Gasteiger partial charge is 0.139 e. The summed E-state index contributed by atoms with van der Waals surface area (Å²) in [6.07, 6.45) is 2.18. The number of nitrogens with zero attached hydrogens (tertiary/aromatic N) is 1. The number of benzene rings is 1. The van der Waals surface area contributed by atoms with Crippen molar-refractivity contribution in [3.05, 3.63) is 35.4 Å². The van der Waals surface area contributed by atoms with E-state index in [2.05, 4.69) is 50.0 Å². The first kappa shape index (κ1) is 14.0. The highest BCUT2D eigenvalue weighted by Gasteiger charge is 2.25. The molecule has 2 nitrogen and oxygen atoms in total. The summed E-state index contributed by atoms with van der Waals surface area (Å²) in [5, 5.41) is 0. The van der Waals surface area contributed by atoms with Crippen LogP contribution in [0, 0.1) is 12.8 Å². The molecule has 1 aromatic rings. The first-order chi connectivity index (χ1) is 9.04. The summed E-state index contributed by atoms with van der Waals surface area (Å²) in [5.41, 5.74) is 3.63. The lowest BCUT2D eigenvalue weighted by atomic mass is 9.82. The summed E-state index contributed by atoms with van der Waals surface area (Å²) in [5.74, 6) is 1.22. The Kier molecular flexibility index (Phi) is 4.52. The van der Waals surface area contributed by atoms with Crippen LogP contribution < -0.4 is 0 Å². The van der Waals surface area contributed by atoms with Gasteiger partial charge in [0.2, 0.25) is 0 Å². The lowest BCUT2D eigenvalue weighted by molar-refractivity contribution is -0.118. The Hall–Kier alpha value is -1.44. The Labute approximate surface area is 115 Å². The van der Waals surface area contributed by atoms with Crippen molar-refractivity contribution in [3.63, 3.8) is 0 Å². The molecule has 0 radical (unpaired) electrons. The number of carbonyl (C=O) groups excluding carboxylic acids is 1. The molecule has 0 unspecified atom stereocenters. The van der Waals surface area contributed by atoms with Crippen molar-refractivity contribution in [1.82, 2.24) is 0 Å². The molecule has 1 aliphatic carbocycles. The van der Waals surface area contributed by atoms with Crippen molar-refractivity contribution in [3.8, 4) is 0 Å². The van der Waals surface area contributed by atoms with Crippen LogP contribution in [0.1, 0.15) is 50.2 Å².